The van der Waals surface area contributed by atoms with Gasteiger partial charge in [0.2, 0.25) is 23.6 Å². The largest absolute Gasteiger partial charge is 0.469 e. The van der Waals surface area contributed by atoms with Gasteiger partial charge < -0.3 is 39.4 Å². The van der Waals surface area contributed by atoms with Crippen LogP contribution in [0.1, 0.15) is 79.5 Å². The molecule has 49 heavy (non-hydrogen) atoms. The molecule has 0 saturated heterocycles. The lowest BCUT2D eigenvalue weighted by molar-refractivity contribution is -0.136. The first-order valence-corrected chi connectivity index (χ1v) is 16.3. The normalized spacial score (nSPS) is 22.9. The minimum Gasteiger partial charge on any atom is -0.469 e. The van der Waals surface area contributed by atoms with E-state index in [0.717, 1.165) is 11.3 Å². The first-order valence-electron chi connectivity index (χ1n) is 15.9. The zero-order valence-corrected chi connectivity index (χ0v) is 28.5. The molecule has 4 N–H and O–H groups in total. The van der Waals surface area contributed by atoms with Gasteiger partial charge >= 0.3 is 5.97 Å². The molecule has 3 aliphatic rings. The molecule has 4 bridgehead atoms. The van der Waals surface area contributed by atoms with Crippen molar-refractivity contribution >= 4 is 35.1 Å². The number of amides is 2. The number of ether oxygens (including phenoxy) is 2. The van der Waals surface area contributed by atoms with E-state index in [2.05, 4.69) is 20.9 Å². The maximum absolute atomic E-state index is 14.1. The van der Waals surface area contributed by atoms with Crippen LogP contribution in [0.2, 0.25) is 5.02 Å². The molecule has 4 aromatic rings. The molecule has 13 nitrogen and oxygen atoms in total. The van der Waals surface area contributed by atoms with Crippen LogP contribution in [0, 0.1) is 11.3 Å². The van der Waals surface area contributed by atoms with E-state index in [9.17, 15) is 19.5 Å². The standard InChI is InChI=1S/C35H36ClN5O8/c1-15(2)25(42)29(44)37-21-12-16-7-10-23-19(11-16)35(18-13-17(36)8-9-20(18)39-33(35)48-23)27-24(30-38-22(14-47-30)32(45)46-6)40-31(49-27)26(34(3,4)5)41-28(21)43/h7-11,13-15,21,25-26,33,39,42H,12H2,1-6H3,(H,37,44)(H,41,43)/t21-,25-,26?,33?,35?/m0/s1. The Hall–Kier alpha value is -4.88. The Kier molecular flexibility index (Phi) is 7.75. The van der Waals surface area contributed by atoms with Crippen molar-refractivity contribution in [3.63, 3.8) is 0 Å². The topological polar surface area (TPSA) is 178 Å². The molecule has 14 heteroatoms. The summed E-state index contributed by atoms with van der Waals surface area (Å²) in [6.07, 6.45) is -0.768. The summed E-state index contributed by atoms with van der Waals surface area (Å²) < 4.78 is 24.1. The minimum atomic E-state index is -1.32. The Morgan fingerprint density at radius 1 is 1.12 bits per heavy atom. The number of fused-ring (bicyclic) bond motifs is 4. The third-order valence-corrected chi connectivity index (χ3v) is 9.51. The van der Waals surface area contributed by atoms with Gasteiger partial charge in [0.05, 0.1) is 7.11 Å². The van der Waals surface area contributed by atoms with E-state index in [1.54, 1.807) is 26.0 Å². The van der Waals surface area contributed by atoms with E-state index >= 15 is 0 Å². The average Bonchev–Trinajstić information content (AvgIpc) is 3.83. The van der Waals surface area contributed by atoms with Crippen LogP contribution in [0.5, 0.6) is 5.75 Å². The minimum absolute atomic E-state index is 0.0136. The van der Waals surface area contributed by atoms with Crippen molar-refractivity contribution in [1.82, 2.24) is 20.6 Å². The number of carbonyl (C=O) groups is 3. The average molecular weight is 690 g/mol. The molecule has 2 aromatic heterocycles. The van der Waals surface area contributed by atoms with Gasteiger partial charge in [-0.15, -0.1) is 0 Å². The van der Waals surface area contributed by atoms with Crippen molar-refractivity contribution in [2.45, 2.75) is 70.9 Å². The van der Waals surface area contributed by atoms with Crippen molar-refractivity contribution in [1.29, 1.82) is 0 Å². The number of anilines is 1. The smallest absolute Gasteiger partial charge is 0.360 e. The zero-order chi connectivity index (χ0) is 35.0. The summed E-state index contributed by atoms with van der Waals surface area (Å²) in [4.78, 5) is 49.0. The molecule has 5 atom stereocenters. The number of oxazole rings is 2. The van der Waals surface area contributed by atoms with Crippen LogP contribution in [-0.2, 0) is 26.2 Å². The lowest BCUT2D eigenvalue weighted by Gasteiger charge is -2.32. The fourth-order valence-electron chi connectivity index (χ4n) is 6.72. The van der Waals surface area contributed by atoms with E-state index in [1.165, 1.54) is 13.4 Å². The van der Waals surface area contributed by atoms with E-state index in [0.29, 0.717) is 27.7 Å². The summed E-state index contributed by atoms with van der Waals surface area (Å²) in [7, 11) is 1.24. The SMILES string of the molecule is COC(=O)c1coc(-c2nc3oc2C24c5cc(Cl)ccc5NC2Oc2ccc(cc24)C[C@H](NC(=O)[C@@H](O)C(C)C)C(=O)NC3C(C)(C)C)n1. The van der Waals surface area contributed by atoms with Gasteiger partial charge in [0.15, 0.2) is 23.4 Å². The van der Waals surface area contributed by atoms with Gasteiger partial charge in [-0.2, -0.15) is 0 Å². The van der Waals surface area contributed by atoms with Crippen LogP contribution in [-0.4, -0.2) is 58.3 Å². The van der Waals surface area contributed by atoms with Gasteiger partial charge in [-0.3, -0.25) is 9.59 Å². The summed E-state index contributed by atoms with van der Waals surface area (Å²) in [6, 6.07) is 9.10. The molecule has 1 spiro atoms. The fraction of sp³-hybridized carbons (Fsp3) is 0.400. The molecule has 0 saturated carbocycles. The molecule has 3 aliphatic heterocycles. The van der Waals surface area contributed by atoms with Crippen LogP contribution in [0.15, 0.2) is 51.5 Å². The molecule has 0 fully saturated rings. The fourth-order valence-corrected chi connectivity index (χ4v) is 6.89. The highest BCUT2D eigenvalue weighted by Crippen LogP contribution is 2.60. The molecule has 7 rings (SSSR count). The molecule has 2 aromatic carbocycles. The van der Waals surface area contributed by atoms with E-state index in [-0.39, 0.29) is 35.5 Å². The number of hydrogen-bond acceptors (Lipinski definition) is 11. The number of rotatable bonds is 5. The first kappa shape index (κ1) is 32.7. The third kappa shape index (κ3) is 5.23. The van der Waals surface area contributed by atoms with Gasteiger partial charge in [-0.25, -0.2) is 14.8 Å². The molecule has 3 unspecified atom stereocenters. The number of nitrogens with zero attached hydrogens (tertiary/aromatic N) is 2. The third-order valence-electron chi connectivity index (χ3n) is 9.28. The number of benzene rings is 2. The summed E-state index contributed by atoms with van der Waals surface area (Å²) in [5, 5.41) is 20.3. The van der Waals surface area contributed by atoms with E-state index in [4.69, 9.17) is 34.9 Å². The van der Waals surface area contributed by atoms with Gasteiger partial charge in [-0.05, 0) is 41.2 Å². The molecule has 0 radical (unpaired) electrons. The Bertz CT molecular complexity index is 2000. The quantitative estimate of drug-likeness (QED) is 0.217. The lowest BCUT2D eigenvalue weighted by Crippen LogP contribution is -2.53. The van der Waals surface area contributed by atoms with Crippen molar-refractivity contribution in [2.75, 3.05) is 12.4 Å². The molecule has 256 valence electrons. The Morgan fingerprint density at radius 3 is 2.61 bits per heavy atom. The van der Waals surface area contributed by atoms with Gasteiger partial charge in [0.1, 0.15) is 35.6 Å². The highest BCUT2D eigenvalue weighted by atomic mass is 35.5. The molecule has 2 amide bonds. The van der Waals surface area contributed by atoms with E-state index < -0.39 is 53.0 Å². The molecular weight excluding hydrogens is 654 g/mol. The highest BCUT2D eigenvalue weighted by molar-refractivity contribution is 6.30. The number of hydrogen-bond donors (Lipinski definition) is 4. The van der Waals surface area contributed by atoms with Crippen molar-refractivity contribution in [2.24, 2.45) is 11.3 Å². The van der Waals surface area contributed by atoms with Crippen LogP contribution in [0.4, 0.5) is 5.69 Å². The number of aromatic nitrogens is 2. The maximum Gasteiger partial charge on any atom is 0.360 e. The number of aliphatic hydroxyl groups excluding tert-OH is 1. The number of aliphatic hydroxyl groups is 1. The number of carbonyl (C=O) groups excluding carboxylic acids is 3. The summed E-state index contributed by atoms with van der Waals surface area (Å²) in [6.45, 7) is 9.18. The molecular formula is C35H36ClN5O8. The summed E-state index contributed by atoms with van der Waals surface area (Å²) in [5.41, 5.74) is 1.12. The Balaban J connectivity index is 1.51. The van der Waals surface area contributed by atoms with Crippen molar-refractivity contribution in [3.8, 4) is 17.3 Å². The summed E-state index contributed by atoms with van der Waals surface area (Å²) >= 11 is 6.63. The van der Waals surface area contributed by atoms with Crippen LogP contribution in [0.25, 0.3) is 11.6 Å². The van der Waals surface area contributed by atoms with Crippen LogP contribution < -0.4 is 20.7 Å². The second-order valence-electron chi connectivity index (χ2n) is 14.0. The number of methoxy groups -OCH3 is 1. The predicted octanol–water partition coefficient (Wildman–Crippen LogP) is 4.51. The summed E-state index contributed by atoms with van der Waals surface area (Å²) in [5.74, 6) is -1.27. The van der Waals surface area contributed by atoms with Crippen molar-refractivity contribution in [3.05, 3.63) is 81.7 Å². The van der Waals surface area contributed by atoms with Gasteiger partial charge in [0, 0.05) is 28.3 Å². The van der Waals surface area contributed by atoms with Crippen LogP contribution in [0.3, 0.4) is 0 Å². The van der Waals surface area contributed by atoms with E-state index in [1.807, 2.05) is 45.0 Å². The lowest BCUT2D eigenvalue weighted by atomic mass is 9.72. The maximum atomic E-state index is 14.1. The number of esters is 1. The van der Waals surface area contributed by atoms with Gasteiger partial charge in [0.25, 0.3) is 0 Å². The second-order valence-corrected chi connectivity index (χ2v) is 14.4. The number of nitrogens with one attached hydrogen (secondary N) is 3. The Labute approximate surface area is 286 Å². The number of halogens is 1. The second kappa shape index (κ2) is 11.6. The zero-order valence-electron chi connectivity index (χ0n) is 27.7. The first-order chi connectivity index (χ1) is 23.2. The van der Waals surface area contributed by atoms with Crippen molar-refractivity contribution < 1.29 is 37.8 Å². The van der Waals surface area contributed by atoms with Crippen LogP contribution >= 0.6 is 11.6 Å². The molecule has 0 aliphatic carbocycles. The highest BCUT2D eigenvalue weighted by Gasteiger charge is 2.61. The monoisotopic (exact) mass is 689 g/mol. The Morgan fingerprint density at radius 2 is 1.90 bits per heavy atom. The van der Waals surface area contributed by atoms with Gasteiger partial charge in [-0.1, -0.05) is 58.4 Å². The predicted molar refractivity (Wildman–Crippen MR) is 176 cm³/mol. The molecule has 5 heterocycles.